The molecule has 1 atom stereocenters. The first-order chi connectivity index (χ1) is 7.69. The average molecular weight is 240 g/mol. The number of hydrogen-bond acceptors (Lipinski definition) is 5. The number of thioether (sulfide) groups is 1. The Hall–Kier alpha value is -0.970. The number of nitrogens with one attached hydrogen (secondary N) is 2. The minimum atomic E-state index is 0.436. The van der Waals surface area contributed by atoms with Crippen molar-refractivity contribution >= 4 is 23.4 Å². The van der Waals surface area contributed by atoms with Crippen LogP contribution in [0.1, 0.15) is 18.9 Å². The van der Waals surface area contributed by atoms with Gasteiger partial charge in [-0.1, -0.05) is 0 Å². The van der Waals surface area contributed by atoms with Crippen LogP contribution in [0.25, 0.3) is 0 Å². The minimum absolute atomic E-state index is 0.436. The van der Waals surface area contributed by atoms with E-state index in [4.69, 9.17) is 0 Å². The molecule has 0 aliphatic heterocycles. The zero-order valence-corrected chi connectivity index (χ0v) is 11.2. The molecule has 2 N–H and O–H groups in total. The molecule has 1 unspecified atom stereocenters. The predicted molar refractivity (Wildman–Crippen MR) is 72.4 cm³/mol. The largest absolute Gasteiger partial charge is 0.373 e. The molecule has 1 aromatic rings. The Labute approximate surface area is 102 Å². The van der Waals surface area contributed by atoms with Crippen LogP contribution in [0, 0.1) is 6.92 Å². The van der Waals surface area contributed by atoms with Gasteiger partial charge in [0, 0.05) is 18.7 Å². The van der Waals surface area contributed by atoms with Gasteiger partial charge in [-0.05, 0) is 32.3 Å². The van der Waals surface area contributed by atoms with Gasteiger partial charge in [0.2, 0.25) is 0 Å². The maximum Gasteiger partial charge on any atom is 0.134 e. The molecule has 0 aromatic carbocycles. The summed E-state index contributed by atoms with van der Waals surface area (Å²) in [5.74, 6) is 2.97. The zero-order valence-electron chi connectivity index (χ0n) is 10.4. The van der Waals surface area contributed by atoms with E-state index in [1.807, 2.05) is 25.7 Å². The van der Waals surface area contributed by atoms with Gasteiger partial charge in [-0.15, -0.1) is 0 Å². The molecule has 16 heavy (non-hydrogen) atoms. The van der Waals surface area contributed by atoms with Crippen LogP contribution in [0.5, 0.6) is 0 Å². The maximum atomic E-state index is 4.27. The molecule has 0 aliphatic carbocycles. The molecule has 1 rings (SSSR count). The second kappa shape index (κ2) is 6.58. The SMILES string of the molecule is CNc1ncnc(NC(C)CCSC)c1C. The van der Waals surface area contributed by atoms with Crippen molar-refractivity contribution in [1.82, 2.24) is 9.97 Å². The van der Waals surface area contributed by atoms with Crippen molar-refractivity contribution in [3.05, 3.63) is 11.9 Å². The summed E-state index contributed by atoms with van der Waals surface area (Å²) in [6.07, 6.45) is 4.85. The number of aromatic nitrogens is 2. The van der Waals surface area contributed by atoms with Crippen molar-refractivity contribution in [2.45, 2.75) is 26.3 Å². The van der Waals surface area contributed by atoms with Crippen LogP contribution < -0.4 is 10.6 Å². The van der Waals surface area contributed by atoms with Crippen molar-refractivity contribution < 1.29 is 0 Å². The molecule has 4 nitrogen and oxygen atoms in total. The van der Waals surface area contributed by atoms with Gasteiger partial charge >= 0.3 is 0 Å². The highest BCUT2D eigenvalue weighted by Crippen LogP contribution is 2.18. The number of anilines is 2. The third-order valence-electron chi connectivity index (χ3n) is 2.46. The molecule has 1 heterocycles. The Balaban J connectivity index is 2.66. The molecule has 90 valence electrons. The van der Waals surface area contributed by atoms with Gasteiger partial charge in [-0.25, -0.2) is 9.97 Å². The maximum absolute atomic E-state index is 4.27. The van der Waals surface area contributed by atoms with Gasteiger partial charge in [0.25, 0.3) is 0 Å². The van der Waals surface area contributed by atoms with Crippen LogP contribution in [-0.4, -0.2) is 35.1 Å². The molecule has 0 saturated heterocycles. The number of hydrogen-bond donors (Lipinski definition) is 2. The van der Waals surface area contributed by atoms with Gasteiger partial charge in [-0.3, -0.25) is 0 Å². The fourth-order valence-corrected chi connectivity index (χ4v) is 2.04. The van der Waals surface area contributed by atoms with E-state index < -0.39 is 0 Å². The molecule has 0 saturated carbocycles. The first-order valence-electron chi connectivity index (χ1n) is 5.43. The Morgan fingerprint density at radius 3 is 2.69 bits per heavy atom. The lowest BCUT2D eigenvalue weighted by Crippen LogP contribution is -2.18. The van der Waals surface area contributed by atoms with E-state index in [2.05, 4.69) is 33.8 Å². The smallest absolute Gasteiger partial charge is 0.134 e. The van der Waals surface area contributed by atoms with E-state index in [0.717, 1.165) is 29.4 Å². The van der Waals surface area contributed by atoms with Crippen LogP contribution in [0.3, 0.4) is 0 Å². The van der Waals surface area contributed by atoms with Gasteiger partial charge in [0.1, 0.15) is 18.0 Å². The van der Waals surface area contributed by atoms with Crippen LogP contribution in [0.4, 0.5) is 11.6 Å². The molecule has 0 fully saturated rings. The fourth-order valence-electron chi connectivity index (χ4n) is 1.45. The first kappa shape index (κ1) is 13.1. The van der Waals surface area contributed by atoms with Gasteiger partial charge in [0.15, 0.2) is 0 Å². The number of nitrogens with zero attached hydrogens (tertiary/aromatic N) is 2. The Bertz CT molecular complexity index is 330. The quantitative estimate of drug-likeness (QED) is 0.799. The summed E-state index contributed by atoms with van der Waals surface area (Å²) in [6, 6.07) is 0.436. The standard InChI is InChI=1S/C11H20N4S/c1-8(5-6-16-4)15-11-9(2)10(12-3)13-7-14-11/h7-8H,5-6H2,1-4H3,(H2,12,13,14,15). The van der Waals surface area contributed by atoms with Gasteiger partial charge < -0.3 is 10.6 Å². The van der Waals surface area contributed by atoms with E-state index >= 15 is 0 Å². The lowest BCUT2D eigenvalue weighted by Gasteiger charge is -2.16. The topological polar surface area (TPSA) is 49.8 Å². The molecule has 0 spiro atoms. The lowest BCUT2D eigenvalue weighted by atomic mass is 10.2. The molecule has 1 aromatic heterocycles. The normalized spacial score (nSPS) is 12.2. The van der Waals surface area contributed by atoms with Crippen LogP contribution in [-0.2, 0) is 0 Å². The lowest BCUT2D eigenvalue weighted by molar-refractivity contribution is 0.764. The summed E-state index contributed by atoms with van der Waals surface area (Å²) >= 11 is 1.87. The monoisotopic (exact) mass is 240 g/mol. The Morgan fingerprint density at radius 2 is 2.06 bits per heavy atom. The molecule has 0 amide bonds. The molecule has 0 radical (unpaired) electrons. The van der Waals surface area contributed by atoms with E-state index in [0.29, 0.717) is 6.04 Å². The summed E-state index contributed by atoms with van der Waals surface area (Å²) in [5, 5.41) is 6.47. The number of rotatable bonds is 6. The van der Waals surface area contributed by atoms with E-state index in [-0.39, 0.29) is 0 Å². The molecule has 5 heteroatoms. The average Bonchev–Trinajstić information content (AvgIpc) is 2.29. The first-order valence-corrected chi connectivity index (χ1v) is 6.83. The Morgan fingerprint density at radius 1 is 1.38 bits per heavy atom. The summed E-state index contributed by atoms with van der Waals surface area (Å²) in [4.78, 5) is 8.43. The van der Waals surface area contributed by atoms with Gasteiger partial charge in [0.05, 0.1) is 0 Å². The fraction of sp³-hybridized carbons (Fsp3) is 0.636. The third kappa shape index (κ3) is 3.56. The predicted octanol–water partition coefficient (Wildman–Crippen LogP) is 2.38. The van der Waals surface area contributed by atoms with Crippen LogP contribution >= 0.6 is 11.8 Å². The summed E-state index contributed by atoms with van der Waals surface area (Å²) < 4.78 is 0. The van der Waals surface area contributed by atoms with Crippen molar-refractivity contribution in [3.63, 3.8) is 0 Å². The van der Waals surface area contributed by atoms with Crippen molar-refractivity contribution in [3.8, 4) is 0 Å². The molecular weight excluding hydrogens is 220 g/mol. The third-order valence-corrected chi connectivity index (χ3v) is 3.10. The second-order valence-corrected chi connectivity index (χ2v) is 4.76. The van der Waals surface area contributed by atoms with E-state index in [1.54, 1.807) is 6.33 Å². The second-order valence-electron chi connectivity index (χ2n) is 3.77. The molecule has 0 bridgehead atoms. The van der Waals surface area contributed by atoms with Crippen LogP contribution in [0.15, 0.2) is 6.33 Å². The highest BCUT2D eigenvalue weighted by Gasteiger charge is 2.08. The van der Waals surface area contributed by atoms with E-state index in [9.17, 15) is 0 Å². The minimum Gasteiger partial charge on any atom is -0.373 e. The van der Waals surface area contributed by atoms with Gasteiger partial charge in [-0.2, -0.15) is 11.8 Å². The van der Waals surface area contributed by atoms with Crippen molar-refractivity contribution in [1.29, 1.82) is 0 Å². The van der Waals surface area contributed by atoms with E-state index in [1.165, 1.54) is 0 Å². The molecular formula is C11H20N4S. The van der Waals surface area contributed by atoms with Crippen LogP contribution in [0.2, 0.25) is 0 Å². The van der Waals surface area contributed by atoms with Crippen molar-refractivity contribution in [2.75, 3.05) is 29.7 Å². The summed E-state index contributed by atoms with van der Waals surface area (Å²) in [5.41, 5.74) is 1.07. The highest BCUT2D eigenvalue weighted by molar-refractivity contribution is 7.98. The Kier molecular flexibility index (Phi) is 5.38. The molecule has 0 aliphatic rings. The zero-order chi connectivity index (χ0) is 12.0. The summed E-state index contributed by atoms with van der Waals surface area (Å²) in [6.45, 7) is 4.20. The van der Waals surface area contributed by atoms with Crippen molar-refractivity contribution in [2.24, 2.45) is 0 Å². The summed E-state index contributed by atoms with van der Waals surface area (Å²) in [7, 11) is 1.87. The highest BCUT2D eigenvalue weighted by atomic mass is 32.2.